The molecule has 1 rings (SSSR count). The Morgan fingerprint density at radius 3 is 1.83 bits per heavy atom. The molecule has 0 unspecified atom stereocenters. The van der Waals surface area contributed by atoms with E-state index in [1.807, 2.05) is 0 Å². The second kappa shape index (κ2) is 4.86. The van der Waals surface area contributed by atoms with Crippen LogP contribution in [0.2, 0.25) is 5.02 Å². The lowest BCUT2D eigenvalue weighted by atomic mass is 9.79. The molecule has 1 nitrogen and oxygen atoms in total. The normalized spacial score (nSPS) is 12.7. The molecule has 0 aliphatic carbocycles. The lowest BCUT2D eigenvalue weighted by Crippen LogP contribution is -2.18. The van der Waals surface area contributed by atoms with E-state index >= 15 is 0 Å². The highest BCUT2D eigenvalue weighted by atomic mass is 35.5. The molecule has 0 aromatic heterocycles. The van der Waals surface area contributed by atoms with E-state index < -0.39 is 5.24 Å². The van der Waals surface area contributed by atoms with Gasteiger partial charge in [0.2, 0.25) is 0 Å². The van der Waals surface area contributed by atoms with Gasteiger partial charge in [0, 0.05) is 0 Å². The molecule has 3 heteroatoms. The Morgan fingerprint density at radius 2 is 1.50 bits per heavy atom. The number of hydrogen-bond donors (Lipinski definition) is 0. The first kappa shape index (κ1) is 15.5. The van der Waals surface area contributed by atoms with Crippen molar-refractivity contribution < 1.29 is 4.79 Å². The van der Waals surface area contributed by atoms with Crippen LogP contribution in [0.4, 0.5) is 0 Å². The molecule has 100 valence electrons. The summed E-state index contributed by atoms with van der Waals surface area (Å²) in [7, 11) is 0. The maximum atomic E-state index is 11.5. The predicted octanol–water partition coefficient (Wildman–Crippen LogP) is 5.31. The molecule has 0 bridgehead atoms. The minimum Gasteiger partial charge on any atom is -0.276 e. The summed E-state index contributed by atoms with van der Waals surface area (Å²) in [5.41, 5.74) is 2.25. The minimum atomic E-state index is -0.503. The monoisotopic (exact) mass is 286 g/mol. The summed E-state index contributed by atoms with van der Waals surface area (Å²) in [5.74, 6) is 0. The number of benzene rings is 1. The fraction of sp³-hybridized carbons (Fsp3) is 0.533. The van der Waals surface area contributed by atoms with Gasteiger partial charge < -0.3 is 0 Å². The molecule has 0 saturated heterocycles. The highest BCUT2D eigenvalue weighted by Crippen LogP contribution is 2.36. The fourth-order valence-corrected chi connectivity index (χ4v) is 2.42. The van der Waals surface area contributed by atoms with Crippen LogP contribution in [-0.2, 0) is 10.8 Å². The largest absolute Gasteiger partial charge is 0.276 e. The molecule has 0 spiro atoms. The van der Waals surface area contributed by atoms with Crippen molar-refractivity contribution in [3.05, 3.63) is 33.8 Å². The van der Waals surface area contributed by atoms with E-state index in [9.17, 15) is 4.79 Å². The average molecular weight is 287 g/mol. The van der Waals surface area contributed by atoms with Gasteiger partial charge in [-0.05, 0) is 39.6 Å². The van der Waals surface area contributed by atoms with Crippen molar-refractivity contribution >= 4 is 28.4 Å². The maximum Gasteiger partial charge on any atom is 0.253 e. The standard InChI is InChI=1S/C15H20Cl2O/c1-14(2,3)9-7-10(13(17)18)12(16)11(8-9)15(4,5)6/h7-8H,1-6H3. The molecule has 0 amide bonds. The zero-order chi connectivity index (χ0) is 14.3. The highest BCUT2D eigenvalue weighted by molar-refractivity contribution is 6.68. The van der Waals surface area contributed by atoms with Crippen LogP contribution in [0.1, 0.15) is 63.0 Å². The van der Waals surface area contributed by atoms with Gasteiger partial charge >= 0.3 is 0 Å². The third kappa shape index (κ3) is 3.27. The van der Waals surface area contributed by atoms with Crippen molar-refractivity contribution in [2.24, 2.45) is 0 Å². The van der Waals surface area contributed by atoms with Crippen molar-refractivity contribution in [2.45, 2.75) is 52.4 Å². The Morgan fingerprint density at radius 1 is 1.00 bits per heavy atom. The Balaban J connectivity index is 3.63. The summed E-state index contributed by atoms with van der Waals surface area (Å²) >= 11 is 11.9. The molecular formula is C15H20Cl2O. The predicted molar refractivity (Wildman–Crippen MR) is 79.0 cm³/mol. The molecule has 0 radical (unpaired) electrons. The molecule has 0 heterocycles. The number of hydrogen-bond acceptors (Lipinski definition) is 1. The van der Waals surface area contributed by atoms with E-state index in [4.69, 9.17) is 23.2 Å². The van der Waals surface area contributed by atoms with Crippen LogP contribution in [0.3, 0.4) is 0 Å². The third-order valence-corrected chi connectivity index (χ3v) is 3.57. The van der Waals surface area contributed by atoms with E-state index in [0.717, 1.165) is 11.1 Å². The number of carbonyl (C=O) groups is 1. The van der Waals surface area contributed by atoms with Gasteiger partial charge in [0.15, 0.2) is 0 Å². The second-order valence-electron chi connectivity index (χ2n) is 6.66. The molecule has 1 aromatic carbocycles. The lowest BCUT2D eigenvalue weighted by Gasteiger charge is -2.27. The van der Waals surface area contributed by atoms with Crippen molar-refractivity contribution in [3.63, 3.8) is 0 Å². The molecule has 0 aliphatic heterocycles. The van der Waals surface area contributed by atoms with Gasteiger partial charge in [0.25, 0.3) is 5.24 Å². The van der Waals surface area contributed by atoms with Crippen LogP contribution in [0.5, 0.6) is 0 Å². The van der Waals surface area contributed by atoms with E-state index in [2.05, 4.69) is 47.6 Å². The Labute approximate surface area is 119 Å². The lowest BCUT2D eigenvalue weighted by molar-refractivity contribution is 0.108. The van der Waals surface area contributed by atoms with Crippen LogP contribution in [-0.4, -0.2) is 5.24 Å². The van der Waals surface area contributed by atoms with Gasteiger partial charge in [-0.3, -0.25) is 4.79 Å². The first-order chi connectivity index (χ1) is 7.94. The zero-order valence-corrected chi connectivity index (χ0v) is 13.3. The van der Waals surface area contributed by atoms with Crippen LogP contribution >= 0.6 is 23.2 Å². The quantitative estimate of drug-likeness (QED) is 0.639. The van der Waals surface area contributed by atoms with E-state index in [1.165, 1.54) is 0 Å². The molecule has 1 aromatic rings. The molecule has 0 N–H and O–H groups in total. The van der Waals surface area contributed by atoms with E-state index in [-0.39, 0.29) is 10.8 Å². The van der Waals surface area contributed by atoms with Crippen molar-refractivity contribution in [2.75, 3.05) is 0 Å². The molecule has 18 heavy (non-hydrogen) atoms. The van der Waals surface area contributed by atoms with Crippen molar-refractivity contribution in [3.8, 4) is 0 Å². The molecule has 0 atom stereocenters. The van der Waals surface area contributed by atoms with Crippen LogP contribution in [0, 0.1) is 0 Å². The number of carbonyl (C=O) groups excluding carboxylic acids is 1. The summed E-state index contributed by atoms with van der Waals surface area (Å²) in [4.78, 5) is 11.5. The summed E-state index contributed by atoms with van der Waals surface area (Å²) in [5, 5.41) is -0.0351. The van der Waals surface area contributed by atoms with Gasteiger partial charge in [-0.1, -0.05) is 59.2 Å². The highest BCUT2D eigenvalue weighted by Gasteiger charge is 2.25. The third-order valence-electron chi connectivity index (χ3n) is 2.96. The van der Waals surface area contributed by atoms with Crippen LogP contribution < -0.4 is 0 Å². The second-order valence-corrected chi connectivity index (χ2v) is 7.38. The first-order valence-corrected chi connectivity index (χ1v) is 6.74. The number of rotatable bonds is 1. The number of halogens is 2. The van der Waals surface area contributed by atoms with Gasteiger partial charge in [-0.2, -0.15) is 0 Å². The fourth-order valence-electron chi connectivity index (χ4n) is 1.75. The topological polar surface area (TPSA) is 17.1 Å². The van der Waals surface area contributed by atoms with Crippen molar-refractivity contribution in [1.29, 1.82) is 0 Å². The maximum absolute atomic E-state index is 11.5. The minimum absolute atomic E-state index is 0.0499. The van der Waals surface area contributed by atoms with Gasteiger partial charge in [0.1, 0.15) is 0 Å². The van der Waals surface area contributed by atoms with Gasteiger partial charge in [-0.25, -0.2) is 0 Å². The smallest absolute Gasteiger partial charge is 0.253 e. The summed E-state index contributed by atoms with van der Waals surface area (Å²) in [6.45, 7) is 12.5. The molecular weight excluding hydrogens is 267 g/mol. The summed E-state index contributed by atoms with van der Waals surface area (Å²) in [6, 6.07) is 3.87. The molecule has 0 aliphatic rings. The molecule has 0 fully saturated rings. The van der Waals surface area contributed by atoms with E-state index in [1.54, 1.807) is 6.07 Å². The van der Waals surface area contributed by atoms with Gasteiger partial charge in [-0.15, -0.1) is 0 Å². The van der Waals surface area contributed by atoms with Crippen LogP contribution in [0.25, 0.3) is 0 Å². The van der Waals surface area contributed by atoms with Crippen LogP contribution in [0.15, 0.2) is 12.1 Å². The van der Waals surface area contributed by atoms with Crippen molar-refractivity contribution in [1.82, 2.24) is 0 Å². The summed E-state index contributed by atoms with van der Waals surface area (Å²) < 4.78 is 0. The first-order valence-electron chi connectivity index (χ1n) is 5.99. The van der Waals surface area contributed by atoms with Gasteiger partial charge in [0.05, 0.1) is 10.6 Å². The molecule has 0 saturated carbocycles. The zero-order valence-electron chi connectivity index (χ0n) is 11.8. The Kier molecular flexibility index (Phi) is 4.19. The Bertz CT molecular complexity index is 476. The Hall–Kier alpha value is -0.530. The van der Waals surface area contributed by atoms with E-state index in [0.29, 0.717) is 10.6 Å². The summed E-state index contributed by atoms with van der Waals surface area (Å²) in [6.07, 6.45) is 0. The average Bonchev–Trinajstić information content (AvgIpc) is 2.13. The SMILES string of the molecule is CC(C)(C)c1cc(C(=O)Cl)c(Cl)c(C(C)(C)C)c1.